The van der Waals surface area contributed by atoms with E-state index in [-0.39, 0.29) is 5.91 Å². The average molecular weight is 406 g/mol. The highest BCUT2D eigenvalue weighted by Gasteiger charge is 2.25. The molecule has 7 nitrogen and oxygen atoms in total. The van der Waals surface area contributed by atoms with Crippen molar-refractivity contribution in [2.45, 2.75) is 20.3 Å². The van der Waals surface area contributed by atoms with E-state index in [1.807, 2.05) is 33.2 Å². The molecular weight excluding hydrogens is 382 g/mol. The second-order valence-electron chi connectivity index (χ2n) is 6.56. The number of amides is 1. The molecule has 0 aliphatic heterocycles. The van der Waals surface area contributed by atoms with Crippen LogP contribution in [0.4, 0.5) is 5.13 Å². The third-order valence-electron chi connectivity index (χ3n) is 4.22. The molecule has 0 aliphatic rings. The monoisotopic (exact) mass is 405 g/mol. The summed E-state index contributed by atoms with van der Waals surface area (Å²) in [6.07, 6.45) is 0.843. The summed E-state index contributed by atoms with van der Waals surface area (Å²) in [6.45, 7) is 5.31. The summed E-state index contributed by atoms with van der Waals surface area (Å²) in [5, 5.41) is 4.66. The lowest BCUT2D eigenvalue weighted by atomic mass is 10.2. The summed E-state index contributed by atoms with van der Waals surface area (Å²) in [7, 11) is 5.68. The Bertz CT molecular complexity index is 951. The van der Waals surface area contributed by atoms with Gasteiger partial charge in [0.2, 0.25) is 0 Å². The lowest BCUT2D eigenvalue weighted by Gasteiger charge is -2.20. The molecule has 0 N–H and O–H groups in total. The topological polar surface area (TPSA) is 71.5 Å². The molecular formula is C18H23N5O2S2. The third-order valence-corrected chi connectivity index (χ3v) is 6.25. The van der Waals surface area contributed by atoms with E-state index in [0.717, 1.165) is 46.0 Å². The molecule has 9 heteroatoms. The summed E-state index contributed by atoms with van der Waals surface area (Å²) in [6, 6.07) is 3.93. The summed E-state index contributed by atoms with van der Waals surface area (Å²) < 4.78 is 10.4. The first-order chi connectivity index (χ1) is 12.9. The van der Waals surface area contributed by atoms with Gasteiger partial charge in [0.25, 0.3) is 5.91 Å². The zero-order chi connectivity index (χ0) is 19.6. The second-order valence-corrected chi connectivity index (χ2v) is 8.29. The van der Waals surface area contributed by atoms with Gasteiger partial charge in [-0.2, -0.15) is 0 Å². The molecule has 3 rings (SSSR count). The van der Waals surface area contributed by atoms with Crippen molar-refractivity contribution in [3.05, 3.63) is 28.3 Å². The standard InChI is InChI=1S/C18H23N5O2S2/c1-11-7-8-13(25-5)14-15(11)26-18(19-14)23(10-6-9-22(3)4)17(24)16-12(2)20-21-27-16/h7-8H,6,9-10H2,1-5H3. The first kappa shape index (κ1) is 19.7. The number of methoxy groups -OCH3 is 1. The molecule has 2 heterocycles. The molecule has 0 aliphatic carbocycles. The zero-order valence-electron chi connectivity index (χ0n) is 16.1. The molecule has 144 valence electrons. The van der Waals surface area contributed by atoms with Crippen molar-refractivity contribution < 1.29 is 9.53 Å². The predicted octanol–water partition coefficient (Wildman–Crippen LogP) is 3.37. The maximum Gasteiger partial charge on any atom is 0.273 e. The normalized spacial score (nSPS) is 11.3. The van der Waals surface area contributed by atoms with Crippen molar-refractivity contribution in [1.29, 1.82) is 0 Å². The van der Waals surface area contributed by atoms with Crippen LogP contribution in [0.5, 0.6) is 5.75 Å². The van der Waals surface area contributed by atoms with Crippen LogP contribution in [0.3, 0.4) is 0 Å². The minimum absolute atomic E-state index is 0.100. The lowest BCUT2D eigenvalue weighted by molar-refractivity contribution is 0.0989. The minimum atomic E-state index is -0.100. The Morgan fingerprint density at radius 2 is 2.00 bits per heavy atom. The first-order valence-electron chi connectivity index (χ1n) is 8.62. The van der Waals surface area contributed by atoms with Crippen LogP contribution in [0, 0.1) is 13.8 Å². The number of benzene rings is 1. The fourth-order valence-electron chi connectivity index (χ4n) is 2.76. The van der Waals surface area contributed by atoms with Gasteiger partial charge >= 0.3 is 0 Å². The maximum atomic E-state index is 13.2. The number of rotatable bonds is 7. The number of carbonyl (C=O) groups excluding carboxylic acids is 1. The largest absolute Gasteiger partial charge is 0.494 e. The number of ether oxygens (including phenoxy) is 1. The Morgan fingerprint density at radius 1 is 1.22 bits per heavy atom. The van der Waals surface area contributed by atoms with Crippen LogP contribution >= 0.6 is 22.9 Å². The van der Waals surface area contributed by atoms with Crippen LogP contribution in [0.25, 0.3) is 10.2 Å². The molecule has 1 aromatic carbocycles. The Morgan fingerprint density at radius 3 is 2.63 bits per heavy atom. The molecule has 0 saturated carbocycles. The van der Waals surface area contributed by atoms with Crippen molar-refractivity contribution in [2.75, 3.05) is 39.2 Å². The van der Waals surface area contributed by atoms with Crippen molar-refractivity contribution in [3.63, 3.8) is 0 Å². The van der Waals surface area contributed by atoms with Crippen molar-refractivity contribution >= 4 is 44.1 Å². The van der Waals surface area contributed by atoms with Crippen molar-refractivity contribution in [2.24, 2.45) is 0 Å². The van der Waals surface area contributed by atoms with E-state index in [4.69, 9.17) is 9.72 Å². The van der Waals surface area contributed by atoms with E-state index in [0.29, 0.717) is 22.2 Å². The number of nitrogens with zero attached hydrogens (tertiary/aromatic N) is 5. The van der Waals surface area contributed by atoms with Crippen LogP contribution in [0.15, 0.2) is 12.1 Å². The van der Waals surface area contributed by atoms with E-state index < -0.39 is 0 Å². The molecule has 27 heavy (non-hydrogen) atoms. The molecule has 0 unspecified atom stereocenters. The van der Waals surface area contributed by atoms with Gasteiger partial charge in [0.05, 0.1) is 17.5 Å². The summed E-state index contributed by atoms with van der Waals surface area (Å²) >= 11 is 2.64. The van der Waals surface area contributed by atoms with Crippen molar-refractivity contribution in [3.8, 4) is 5.75 Å². The number of hydrogen-bond donors (Lipinski definition) is 0. The Kier molecular flexibility index (Phi) is 6.03. The smallest absolute Gasteiger partial charge is 0.273 e. The van der Waals surface area contributed by atoms with Crippen LogP contribution in [-0.2, 0) is 0 Å². The highest BCUT2D eigenvalue weighted by atomic mass is 32.1. The van der Waals surface area contributed by atoms with Crippen LogP contribution < -0.4 is 9.64 Å². The SMILES string of the molecule is COc1ccc(C)c2sc(N(CCCN(C)C)C(=O)c3snnc3C)nc12. The molecule has 0 saturated heterocycles. The van der Waals surface area contributed by atoms with E-state index >= 15 is 0 Å². The van der Waals surface area contributed by atoms with Gasteiger partial charge in [-0.05, 0) is 64.1 Å². The maximum absolute atomic E-state index is 13.2. The quantitative estimate of drug-likeness (QED) is 0.600. The Balaban J connectivity index is 2.01. The Labute approximate surface area is 166 Å². The van der Waals surface area contributed by atoms with E-state index in [1.165, 1.54) is 11.3 Å². The number of aryl methyl sites for hydroxylation is 2. The van der Waals surface area contributed by atoms with E-state index in [1.54, 1.807) is 18.9 Å². The van der Waals surface area contributed by atoms with Gasteiger partial charge in [0, 0.05) is 6.54 Å². The van der Waals surface area contributed by atoms with Crippen LogP contribution in [0.1, 0.15) is 27.3 Å². The van der Waals surface area contributed by atoms with Crippen molar-refractivity contribution in [1.82, 2.24) is 19.5 Å². The van der Waals surface area contributed by atoms with Gasteiger partial charge < -0.3 is 9.64 Å². The molecule has 0 atom stereocenters. The van der Waals surface area contributed by atoms with Crippen LogP contribution in [-0.4, -0.2) is 59.7 Å². The summed E-state index contributed by atoms with van der Waals surface area (Å²) in [5.41, 5.74) is 2.56. The fourth-order valence-corrected chi connectivity index (χ4v) is 4.44. The number of hydrogen-bond acceptors (Lipinski definition) is 8. The number of anilines is 1. The number of thiazole rings is 1. The molecule has 0 fully saturated rings. The van der Waals surface area contributed by atoms with Gasteiger partial charge in [-0.1, -0.05) is 21.9 Å². The highest BCUT2D eigenvalue weighted by molar-refractivity contribution is 7.22. The van der Waals surface area contributed by atoms with Gasteiger partial charge in [-0.25, -0.2) is 4.98 Å². The molecule has 2 aromatic heterocycles. The van der Waals surface area contributed by atoms with Gasteiger partial charge in [0.15, 0.2) is 5.13 Å². The van der Waals surface area contributed by atoms with Gasteiger partial charge in [-0.3, -0.25) is 9.69 Å². The molecule has 1 amide bonds. The minimum Gasteiger partial charge on any atom is -0.494 e. The molecule has 0 radical (unpaired) electrons. The molecule has 3 aromatic rings. The van der Waals surface area contributed by atoms with Crippen LogP contribution in [0.2, 0.25) is 0 Å². The van der Waals surface area contributed by atoms with E-state index in [2.05, 4.69) is 14.5 Å². The molecule has 0 spiro atoms. The van der Waals surface area contributed by atoms with E-state index in [9.17, 15) is 4.79 Å². The average Bonchev–Trinajstić information content (AvgIpc) is 3.25. The van der Waals surface area contributed by atoms with Gasteiger partial charge in [-0.15, -0.1) is 5.10 Å². The van der Waals surface area contributed by atoms with Gasteiger partial charge in [0.1, 0.15) is 16.1 Å². The lowest BCUT2D eigenvalue weighted by Crippen LogP contribution is -2.33. The zero-order valence-corrected chi connectivity index (χ0v) is 17.8. The second kappa shape index (κ2) is 8.28. The third kappa shape index (κ3) is 4.10. The number of carbonyl (C=O) groups is 1. The predicted molar refractivity (Wildman–Crippen MR) is 110 cm³/mol. The number of aromatic nitrogens is 3. The first-order valence-corrected chi connectivity index (χ1v) is 10.2. The fraction of sp³-hybridized carbons (Fsp3) is 0.444. The highest BCUT2D eigenvalue weighted by Crippen LogP contribution is 2.37. The number of fused-ring (bicyclic) bond motifs is 1. The summed E-state index contributed by atoms with van der Waals surface area (Å²) in [4.78, 5) is 22.4. The Hall–Kier alpha value is -2.10. The summed E-state index contributed by atoms with van der Waals surface area (Å²) in [5.74, 6) is 0.617. The molecule has 0 bridgehead atoms.